The Hall–Kier alpha value is -3.48. The number of aryl methyl sites for hydroxylation is 2. The summed E-state index contributed by atoms with van der Waals surface area (Å²) in [5, 5.41) is 7.26. The molecular formula is C24H25FN4O2. The number of rotatable bonds is 5. The van der Waals surface area contributed by atoms with Crippen LogP contribution in [0, 0.1) is 12.7 Å². The smallest absolute Gasteiger partial charge is 0.272 e. The predicted octanol–water partition coefficient (Wildman–Crippen LogP) is 2.93. The van der Waals surface area contributed by atoms with Gasteiger partial charge < -0.3 is 10.2 Å². The van der Waals surface area contributed by atoms with E-state index in [2.05, 4.69) is 10.4 Å². The van der Waals surface area contributed by atoms with E-state index in [1.54, 1.807) is 21.7 Å². The maximum absolute atomic E-state index is 13.1. The number of carbonyl (C=O) groups excluding carboxylic acids is 2. The summed E-state index contributed by atoms with van der Waals surface area (Å²) >= 11 is 0. The maximum Gasteiger partial charge on any atom is 0.272 e. The van der Waals surface area contributed by atoms with Gasteiger partial charge in [-0.05, 0) is 30.2 Å². The van der Waals surface area contributed by atoms with Crippen LogP contribution in [0.1, 0.15) is 38.4 Å². The summed E-state index contributed by atoms with van der Waals surface area (Å²) in [6, 6.07) is 13.9. The van der Waals surface area contributed by atoms with Gasteiger partial charge in [-0.3, -0.25) is 14.3 Å². The number of aromatic nitrogens is 2. The normalized spacial score (nSPS) is 13.1. The summed E-state index contributed by atoms with van der Waals surface area (Å²) in [5.74, 6) is -0.575. The lowest BCUT2D eigenvalue weighted by Gasteiger charge is -2.27. The number of amides is 2. The van der Waals surface area contributed by atoms with Gasteiger partial charge in [0.05, 0.1) is 6.42 Å². The number of nitrogens with zero attached hydrogens (tertiary/aromatic N) is 3. The van der Waals surface area contributed by atoms with Crippen LogP contribution in [0.5, 0.6) is 0 Å². The molecule has 1 aliphatic rings. The van der Waals surface area contributed by atoms with Crippen molar-refractivity contribution in [1.29, 1.82) is 0 Å². The summed E-state index contributed by atoms with van der Waals surface area (Å²) < 4.78 is 14.8. The highest BCUT2D eigenvalue weighted by Gasteiger charge is 2.29. The zero-order valence-electron chi connectivity index (χ0n) is 17.7. The molecule has 4 rings (SSSR count). The molecule has 0 bridgehead atoms. The molecule has 2 heterocycles. The van der Waals surface area contributed by atoms with Gasteiger partial charge in [0.1, 0.15) is 5.82 Å². The highest BCUT2D eigenvalue weighted by atomic mass is 19.1. The third-order valence-corrected chi connectivity index (χ3v) is 5.65. The fourth-order valence-corrected chi connectivity index (χ4v) is 3.85. The molecule has 0 aliphatic carbocycles. The van der Waals surface area contributed by atoms with Crippen molar-refractivity contribution in [2.45, 2.75) is 32.9 Å². The molecule has 0 radical (unpaired) electrons. The van der Waals surface area contributed by atoms with E-state index in [1.807, 2.05) is 38.2 Å². The third-order valence-electron chi connectivity index (χ3n) is 5.65. The second-order valence-corrected chi connectivity index (χ2v) is 7.93. The van der Waals surface area contributed by atoms with E-state index in [4.69, 9.17) is 0 Å². The van der Waals surface area contributed by atoms with Crippen molar-refractivity contribution in [2.24, 2.45) is 7.05 Å². The molecule has 0 atom stereocenters. The monoisotopic (exact) mass is 420 g/mol. The zero-order chi connectivity index (χ0) is 22.0. The van der Waals surface area contributed by atoms with E-state index in [1.165, 1.54) is 12.1 Å². The van der Waals surface area contributed by atoms with Gasteiger partial charge in [-0.25, -0.2) is 4.39 Å². The van der Waals surface area contributed by atoms with Crippen LogP contribution in [0.15, 0.2) is 48.5 Å². The van der Waals surface area contributed by atoms with Crippen LogP contribution in [0.2, 0.25) is 0 Å². The van der Waals surface area contributed by atoms with Crippen molar-refractivity contribution in [3.63, 3.8) is 0 Å². The lowest BCUT2D eigenvalue weighted by molar-refractivity contribution is -0.131. The number of halogens is 1. The third kappa shape index (κ3) is 4.66. The minimum Gasteiger partial charge on any atom is -0.347 e. The minimum absolute atomic E-state index is 0.0380. The summed E-state index contributed by atoms with van der Waals surface area (Å²) in [6.07, 6.45) is 0.992. The van der Waals surface area contributed by atoms with Gasteiger partial charge in [-0.1, -0.05) is 42.0 Å². The van der Waals surface area contributed by atoms with Crippen LogP contribution in [0.4, 0.5) is 4.39 Å². The van der Waals surface area contributed by atoms with E-state index < -0.39 is 0 Å². The fraction of sp³-hybridized carbons (Fsp3) is 0.292. The lowest BCUT2D eigenvalue weighted by atomic mass is 10.0. The first-order valence-corrected chi connectivity index (χ1v) is 10.3. The zero-order valence-corrected chi connectivity index (χ0v) is 17.7. The van der Waals surface area contributed by atoms with Gasteiger partial charge >= 0.3 is 0 Å². The van der Waals surface area contributed by atoms with Crippen LogP contribution in [-0.4, -0.2) is 33.0 Å². The highest BCUT2D eigenvalue weighted by molar-refractivity contribution is 5.94. The van der Waals surface area contributed by atoms with Crippen LogP contribution in [-0.2, 0) is 37.8 Å². The van der Waals surface area contributed by atoms with Crippen LogP contribution in [0.3, 0.4) is 0 Å². The average Bonchev–Trinajstić information content (AvgIpc) is 3.10. The molecule has 2 aromatic carbocycles. The number of hydrogen-bond donors (Lipinski definition) is 1. The molecule has 1 aromatic heterocycles. The van der Waals surface area contributed by atoms with Gasteiger partial charge in [0, 0.05) is 44.4 Å². The molecule has 2 amide bonds. The Kier molecular flexibility index (Phi) is 5.84. The quantitative estimate of drug-likeness (QED) is 0.690. The summed E-state index contributed by atoms with van der Waals surface area (Å²) in [6.45, 7) is 3.27. The van der Waals surface area contributed by atoms with Crippen LogP contribution < -0.4 is 5.32 Å². The number of carbonyl (C=O) groups is 2. The Bertz CT molecular complexity index is 1100. The van der Waals surface area contributed by atoms with Gasteiger partial charge in [0.25, 0.3) is 5.91 Å². The first-order valence-electron chi connectivity index (χ1n) is 10.3. The van der Waals surface area contributed by atoms with Gasteiger partial charge in [0.15, 0.2) is 5.69 Å². The number of benzene rings is 2. The van der Waals surface area contributed by atoms with E-state index in [-0.39, 0.29) is 24.2 Å². The molecule has 0 fully saturated rings. The molecule has 31 heavy (non-hydrogen) atoms. The molecule has 6 nitrogen and oxygen atoms in total. The summed E-state index contributed by atoms with van der Waals surface area (Å²) in [7, 11) is 1.82. The Morgan fingerprint density at radius 3 is 2.45 bits per heavy atom. The maximum atomic E-state index is 13.1. The molecule has 7 heteroatoms. The van der Waals surface area contributed by atoms with Gasteiger partial charge in [-0.15, -0.1) is 0 Å². The van der Waals surface area contributed by atoms with E-state index in [9.17, 15) is 14.0 Å². The predicted molar refractivity (Wildman–Crippen MR) is 115 cm³/mol. The molecule has 0 saturated heterocycles. The largest absolute Gasteiger partial charge is 0.347 e. The Morgan fingerprint density at radius 2 is 1.74 bits per heavy atom. The standard InChI is InChI=1S/C24H25FN4O2/c1-16-3-5-17(6-4-16)13-22(30)29-12-11-21-20(15-29)23(27-28(21)2)24(31)26-14-18-7-9-19(25)10-8-18/h3-10H,11-15H2,1-2H3,(H,26,31). The van der Waals surface area contributed by atoms with Crippen LogP contribution >= 0.6 is 0 Å². The molecule has 160 valence electrons. The number of hydrogen-bond acceptors (Lipinski definition) is 3. The molecule has 0 saturated carbocycles. The minimum atomic E-state index is -0.315. The van der Waals surface area contributed by atoms with Crippen molar-refractivity contribution in [3.8, 4) is 0 Å². The van der Waals surface area contributed by atoms with E-state index in [0.717, 1.165) is 27.9 Å². The molecule has 1 N–H and O–H groups in total. The van der Waals surface area contributed by atoms with Crippen molar-refractivity contribution in [1.82, 2.24) is 20.0 Å². The highest BCUT2D eigenvalue weighted by Crippen LogP contribution is 2.23. The second kappa shape index (κ2) is 8.71. The number of nitrogens with one attached hydrogen (secondary N) is 1. The SMILES string of the molecule is Cc1ccc(CC(=O)N2CCc3c(c(C(=O)NCc4ccc(F)cc4)nn3C)C2)cc1. The molecule has 1 aliphatic heterocycles. The molecule has 0 spiro atoms. The van der Waals surface area contributed by atoms with Crippen molar-refractivity contribution >= 4 is 11.8 Å². The van der Waals surface area contributed by atoms with Crippen molar-refractivity contribution in [2.75, 3.05) is 6.54 Å². The Morgan fingerprint density at radius 1 is 1.06 bits per heavy atom. The van der Waals surface area contributed by atoms with E-state index in [0.29, 0.717) is 31.6 Å². The average molecular weight is 420 g/mol. The Balaban J connectivity index is 1.45. The molecule has 0 unspecified atom stereocenters. The molecule has 3 aromatic rings. The first-order chi connectivity index (χ1) is 14.9. The second-order valence-electron chi connectivity index (χ2n) is 7.93. The number of fused-ring (bicyclic) bond motifs is 1. The Labute approximate surface area is 180 Å². The topological polar surface area (TPSA) is 67.2 Å². The fourth-order valence-electron chi connectivity index (χ4n) is 3.85. The van der Waals surface area contributed by atoms with Crippen LogP contribution in [0.25, 0.3) is 0 Å². The van der Waals surface area contributed by atoms with Crippen molar-refractivity contribution < 1.29 is 14.0 Å². The first kappa shape index (κ1) is 20.8. The summed E-state index contributed by atoms with van der Waals surface area (Å²) in [4.78, 5) is 27.5. The lowest BCUT2D eigenvalue weighted by Crippen LogP contribution is -2.38. The van der Waals surface area contributed by atoms with E-state index >= 15 is 0 Å². The molecular weight excluding hydrogens is 395 g/mol. The van der Waals surface area contributed by atoms with Gasteiger partial charge in [-0.2, -0.15) is 5.10 Å². The van der Waals surface area contributed by atoms with Gasteiger partial charge in [0.2, 0.25) is 5.91 Å². The van der Waals surface area contributed by atoms with Crippen molar-refractivity contribution in [3.05, 3.63) is 88.0 Å². The summed E-state index contributed by atoms with van der Waals surface area (Å²) in [5.41, 5.74) is 5.05.